The van der Waals surface area contributed by atoms with Crippen LogP contribution in [-0.2, 0) is 6.54 Å². The molecule has 0 unspecified atom stereocenters. The molecule has 0 spiro atoms. The molecule has 5 nitrogen and oxygen atoms in total. The maximum Gasteiger partial charge on any atom is 0.270 e. The van der Waals surface area contributed by atoms with Gasteiger partial charge in [-0.1, -0.05) is 29.8 Å². The minimum absolute atomic E-state index is 0.0240. The van der Waals surface area contributed by atoms with E-state index >= 15 is 0 Å². The summed E-state index contributed by atoms with van der Waals surface area (Å²) in [6.07, 6.45) is 0. The highest BCUT2D eigenvalue weighted by Crippen LogP contribution is 2.37. The Balaban J connectivity index is 1.86. The van der Waals surface area contributed by atoms with Crippen molar-refractivity contribution in [2.75, 3.05) is 0 Å². The molecule has 0 saturated heterocycles. The number of halogens is 2. The van der Waals surface area contributed by atoms with Crippen molar-refractivity contribution in [2.45, 2.75) is 6.54 Å². The van der Waals surface area contributed by atoms with Gasteiger partial charge in [-0.25, -0.2) is 4.39 Å². The van der Waals surface area contributed by atoms with Gasteiger partial charge in [0.1, 0.15) is 10.7 Å². The number of fused-ring (bicyclic) bond motifs is 1. The van der Waals surface area contributed by atoms with Crippen molar-refractivity contribution in [3.63, 3.8) is 0 Å². The molecular formula is C16H10ClFN2O3S. The highest BCUT2D eigenvalue weighted by molar-refractivity contribution is 7.21. The van der Waals surface area contributed by atoms with Crippen molar-refractivity contribution >= 4 is 44.6 Å². The summed E-state index contributed by atoms with van der Waals surface area (Å²) in [6.45, 7) is 0.0240. The standard InChI is InChI=1S/C16H10ClFN2O3S/c17-14-11-6-5-10(20(22)23)7-13(11)24-15(14)16(21)19-8-9-3-1-2-4-12(9)18/h1-7H,8H2,(H,19,21). The van der Waals surface area contributed by atoms with Gasteiger partial charge in [0.15, 0.2) is 0 Å². The van der Waals surface area contributed by atoms with E-state index in [4.69, 9.17) is 11.6 Å². The van der Waals surface area contributed by atoms with Crippen molar-refractivity contribution in [3.05, 3.63) is 73.9 Å². The molecule has 24 heavy (non-hydrogen) atoms. The summed E-state index contributed by atoms with van der Waals surface area (Å²) in [5, 5.41) is 14.2. The molecule has 2 aromatic carbocycles. The fourth-order valence-electron chi connectivity index (χ4n) is 2.21. The van der Waals surface area contributed by atoms with Gasteiger partial charge in [-0.2, -0.15) is 0 Å². The summed E-state index contributed by atoms with van der Waals surface area (Å²) >= 11 is 7.26. The lowest BCUT2D eigenvalue weighted by molar-refractivity contribution is -0.384. The number of nitro benzene ring substituents is 1. The van der Waals surface area contributed by atoms with Crippen molar-refractivity contribution in [2.24, 2.45) is 0 Å². The molecule has 122 valence electrons. The summed E-state index contributed by atoms with van der Waals surface area (Å²) in [5.74, 6) is -0.858. The van der Waals surface area contributed by atoms with Crippen molar-refractivity contribution < 1.29 is 14.1 Å². The molecule has 1 amide bonds. The maximum absolute atomic E-state index is 13.6. The van der Waals surface area contributed by atoms with E-state index in [0.29, 0.717) is 15.6 Å². The minimum Gasteiger partial charge on any atom is -0.347 e. The molecule has 0 radical (unpaired) electrons. The number of nitrogens with zero attached hydrogens (tertiary/aromatic N) is 1. The highest BCUT2D eigenvalue weighted by Gasteiger charge is 2.19. The number of nitro groups is 1. The molecule has 8 heteroatoms. The molecule has 1 N–H and O–H groups in total. The van der Waals surface area contributed by atoms with Crippen LogP contribution in [0.2, 0.25) is 5.02 Å². The van der Waals surface area contributed by atoms with Crippen LogP contribution in [0.15, 0.2) is 42.5 Å². The van der Waals surface area contributed by atoms with Crippen molar-refractivity contribution in [3.8, 4) is 0 Å². The number of carbonyl (C=O) groups excluding carboxylic acids is 1. The summed E-state index contributed by atoms with van der Waals surface area (Å²) < 4.78 is 14.1. The predicted octanol–water partition coefficient (Wildman–Crippen LogP) is 4.53. The van der Waals surface area contributed by atoms with Crippen molar-refractivity contribution in [1.82, 2.24) is 5.32 Å². The zero-order valence-corrected chi connectivity index (χ0v) is 13.7. The number of hydrogen-bond acceptors (Lipinski definition) is 4. The highest BCUT2D eigenvalue weighted by atomic mass is 35.5. The molecule has 0 aliphatic rings. The second-order valence-corrected chi connectivity index (χ2v) is 6.39. The zero-order valence-electron chi connectivity index (χ0n) is 12.1. The summed E-state index contributed by atoms with van der Waals surface area (Å²) in [7, 11) is 0. The monoisotopic (exact) mass is 364 g/mol. The Morgan fingerprint density at radius 3 is 2.75 bits per heavy atom. The Morgan fingerprint density at radius 2 is 2.04 bits per heavy atom. The number of rotatable bonds is 4. The molecule has 0 aliphatic heterocycles. The molecule has 1 heterocycles. The largest absolute Gasteiger partial charge is 0.347 e. The summed E-state index contributed by atoms with van der Waals surface area (Å²) in [4.78, 5) is 22.9. The van der Waals surface area contributed by atoms with Crippen LogP contribution >= 0.6 is 22.9 Å². The van der Waals surface area contributed by atoms with Gasteiger partial charge >= 0.3 is 0 Å². The molecule has 0 bridgehead atoms. The number of hydrogen-bond donors (Lipinski definition) is 1. The summed E-state index contributed by atoms with van der Waals surface area (Å²) in [5.41, 5.74) is 0.289. The Bertz CT molecular complexity index is 958. The molecule has 0 atom stereocenters. The number of carbonyl (C=O) groups is 1. The smallest absolute Gasteiger partial charge is 0.270 e. The van der Waals surface area contributed by atoms with Gasteiger partial charge in [0, 0.05) is 34.3 Å². The minimum atomic E-state index is -0.509. The van der Waals surface area contributed by atoms with Gasteiger partial charge in [0.25, 0.3) is 11.6 Å². The first-order valence-corrected chi connectivity index (χ1v) is 8.05. The Labute approximate surface area is 144 Å². The quantitative estimate of drug-likeness (QED) is 0.546. The Morgan fingerprint density at radius 1 is 1.29 bits per heavy atom. The van der Waals surface area contributed by atoms with Gasteiger partial charge in [0.05, 0.1) is 9.95 Å². The fourth-order valence-corrected chi connectivity index (χ4v) is 3.68. The van der Waals surface area contributed by atoms with Crippen LogP contribution in [0.4, 0.5) is 10.1 Å². The molecule has 0 fully saturated rings. The number of nitrogens with one attached hydrogen (secondary N) is 1. The number of non-ortho nitro benzene ring substituents is 1. The normalized spacial score (nSPS) is 10.8. The SMILES string of the molecule is O=C(NCc1ccccc1F)c1sc2cc([N+](=O)[O-])ccc2c1Cl. The molecular weight excluding hydrogens is 355 g/mol. The lowest BCUT2D eigenvalue weighted by atomic mass is 10.2. The number of thiophene rings is 1. The van der Waals surface area contributed by atoms with E-state index in [0.717, 1.165) is 11.3 Å². The first kappa shape index (κ1) is 16.4. The van der Waals surface area contributed by atoms with E-state index in [1.807, 2.05) is 0 Å². The van der Waals surface area contributed by atoms with Gasteiger partial charge < -0.3 is 5.32 Å². The first-order chi connectivity index (χ1) is 11.5. The zero-order chi connectivity index (χ0) is 17.3. The van der Waals surface area contributed by atoms with E-state index in [1.54, 1.807) is 18.2 Å². The van der Waals surface area contributed by atoms with Gasteiger partial charge in [-0.05, 0) is 12.1 Å². The lowest BCUT2D eigenvalue weighted by Gasteiger charge is -2.05. The van der Waals surface area contributed by atoms with Crippen LogP contribution in [0.1, 0.15) is 15.2 Å². The first-order valence-electron chi connectivity index (χ1n) is 6.85. The summed E-state index contributed by atoms with van der Waals surface area (Å²) in [6, 6.07) is 10.4. The van der Waals surface area contributed by atoms with Crippen LogP contribution in [0.3, 0.4) is 0 Å². The predicted molar refractivity (Wildman–Crippen MR) is 91.1 cm³/mol. The topological polar surface area (TPSA) is 72.2 Å². The molecule has 3 rings (SSSR count). The average molecular weight is 365 g/mol. The van der Waals surface area contributed by atoms with Crippen LogP contribution in [0, 0.1) is 15.9 Å². The third-order valence-electron chi connectivity index (χ3n) is 3.43. The third-order valence-corrected chi connectivity index (χ3v) is 5.08. The fraction of sp³-hybridized carbons (Fsp3) is 0.0625. The molecule has 1 aromatic heterocycles. The van der Waals surface area contributed by atoms with Crippen molar-refractivity contribution in [1.29, 1.82) is 0 Å². The number of benzene rings is 2. The van der Waals surface area contributed by atoms with Gasteiger partial charge in [-0.15, -0.1) is 11.3 Å². The molecule has 0 aliphatic carbocycles. The maximum atomic E-state index is 13.6. The van der Waals surface area contributed by atoms with Crippen LogP contribution in [0.5, 0.6) is 0 Å². The molecule has 0 saturated carbocycles. The Hall–Kier alpha value is -2.51. The van der Waals surface area contributed by atoms with E-state index < -0.39 is 16.6 Å². The van der Waals surface area contributed by atoms with E-state index in [9.17, 15) is 19.3 Å². The average Bonchev–Trinajstić information content (AvgIpc) is 2.90. The lowest BCUT2D eigenvalue weighted by Crippen LogP contribution is -2.22. The van der Waals surface area contributed by atoms with Crippen LogP contribution in [0.25, 0.3) is 10.1 Å². The van der Waals surface area contributed by atoms with Gasteiger partial charge in [0.2, 0.25) is 0 Å². The molecule has 3 aromatic rings. The van der Waals surface area contributed by atoms with E-state index in [2.05, 4.69) is 5.32 Å². The Kier molecular flexibility index (Phi) is 4.46. The second-order valence-electron chi connectivity index (χ2n) is 4.96. The van der Waals surface area contributed by atoms with Crippen LogP contribution < -0.4 is 5.32 Å². The second kappa shape index (κ2) is 6.54. The van der Waals surface area contributed by atoms with E-state index in [1.165, 1.54) is 24.3 Å². The van der Waals surface area contributed by atoms with Crippen LogP contribution in [-0.4, -0.2) is 10.8 Å². The number of amides is 1. The van der Waals surface area contributed by atoms with E-state index in [-0.39, 0.29) is 22.1 Å². The van der Waals surface area contributed by atoms with Gasteiger partial charge in [-0.3, -0.25) is 14.9 Å². The third kappa shape index (κ3) is 3.08.